The highest BCUT2D eigenvalue weighted by atomic mass is 14.7. The predicted molar refractivity (Wildman–Crippen MR) is 103 cm³/mol. The largest absolute Gasteiger partial charge is 0.328 e. The average Bonchev–Trinajstić information content (AvgIpc) is 2.60. The molecule has 2 rings (SSSR count). The van der Waals surface area contributed by atoms with Crippen LogP contribution < -0.4 is 5.73 Å². The van der Waals surface area contributed by atoms with E-state index in [-0.39, 0.29) is 0 Å². The number of aliphatic imine (C=N–C) groups is 1. The minimum absolute atomic E-state index is 0.536. The van der Waals surface area contributed by atoms with Gasteiger partial charge in [-0.1, -0.05) is 82.7 Å². The van der Waals surface area contributed by atoms with E-state index in [1.165, 1.54) is 63.4 Å². The molecule has 1 unspecified atom stereocenters. The molecule has 1 saturated carbocycles. The Labute approximate surface area is 143 Å². The normalized spacial score (nSPS) is 16.8. The molecule has 1 fully saturated rings. The van der Waals surface area contributed by atoms with E-state index in [2.05, 4.69) is 43.1 Å². The molecule has 2 nitrogen and oxygen atoms in total. The van der Waals surface area contributed by atoms with Crippen LogP contribution in [0.3, 0.4) is 0 Å². The van der Waals surface area contributed by atoms with E-state index in [0.717, 1.165) is 12.5 Å². The van der Waals surface area contributed by atoms with Crippen molar-refractivity contribution in [2.75, 3.05) is 6.54 Å². The maximum Gasteiger partial charge on any atom is 0.0417 e. The average molecular weight is 317 g/mol. The highest BCUT2D eigenvalue weighted by molar-refractivity contribution is 5.79. The second-order valence-electron chi connectivity index (χ2n) is 6.72. The Morgan fingerprint density at radius 2 is 1.83 bits per heavy atom. The molecule has 1 aliphatic rings. The molecule has 0 saturated heterocycles. The van der Waals surface area contributed by atoms with Crippen molar-refractivity contribution in [2.24, 2.45) is 16.6 Å². The van der Waals surface area contributed by atoms with Crippen molar-refractivity contribution in [3.63, 3.8) is 0 Å². The summed E-state index contributed by atoms with van der Waals surface area (Å²) in [5.41, 5.74) is 6.84. The van der Waals surface area contributed by atoms with Gasteiger partial charge in [0, 0.05) is 18.8 Å². The summed E-state index contributed by atoms with van der Waals surface area (Å²) in [6.07, 6.45) is 13.8. The van der Waals surface area contributed by atoms with Gasteiger partial charge in [0.05, 0.1) is 0 Å². The van der Waals surface area contributed by atoms with Gasteiger partial charge in [0.15, 0.2) is 0 Å². The zero-order chi connectivity index (χ0) is 16.8. The van der Waals surface area contributed by atoms with Gasteiger partial charge in [-0.2, -0.15) is 0 Å². The molecule has 1 aromatic carbocycles. The summed E-state index contributed by atoms with van der Waals surface area (Å²) < 4.78 is 0. The lowest BCUT2D eigenvalue weighted by Gasteiger charge is -2.15. The number of rotatable bonds is 7. The molecule has 0 heterocycles. The molecule has 0 aliphatic heterocycles. The van der Waals surface area contributed by atoms with Gasteiger partial charge in [-0.15, -0.1) is 0 Å². The van der Waals surface area contributed by atoms with Crippen molar-refractivity contribution in [3.8, 4) is 0 Å². The van der Waals surface area contributed by atoms with Gasteiger partial charge in [0.25, 0.3) is 0 Å². The minimum Gasteiger partial charge on any atom is -0.328 e. The topological polar surface area (TPSA) is 38.4 Å². The van der Waals surface area contributed by atoms with E-state index in [4.69, 9.17) is 5.73 Å². The number of nitrogens with two attached hydrogens (primary N) is 1. The first kappa shape index (κ1) is 19.9. The van der Waals surface area contributed by atoms with E-state index in [9.17, 15) is 0 Å². The molecular formula is C21H36N2. The minimum atomic E-state index is 0.536. The van der Waals surface area contributed by atoms with Crippen molar-refractivity contribution in [3.05, 3.63) is 35.9 Å². The quantitative estimate of drug-likeness (QED) is 0.653. The van der Waals surface area contributed by atoms with Crippen LogP contribution >= 0.6 is 0 Å². The smallest absolute Gasteiger partial charge is 0.0417 e. The zero-order valence-electron chi connectivity index (χ0n) is 15.2. The maximum absolute atomic E-state index is 5.63. The number of hydrogen-bond donors (Lipinski definition) is 1. The molecule has 0 bridgehead atoms. The molecule has 2 heteroatoms. The Kier molecular flexibility index (Phi) is 11.5. The van der Waals surface area contributed by atoms with Crippen LogP contribution in [0.15, 0.2) is 35.3 Å². The third kappa shape index (κ3) is 10.3. The second kappa shape index (κ2) is 13.3. The third-order valence-corrected chi connectivity index (χ3v) is 4.60. The van der Waals surface area contributed by atoms with Crippen LogP contribution in [0.1, 0.15) is 77.2 Å². The van der Waals surface area contributed by atoms with Crippen LogP contribution in [0.5, 0.6) is 0 Å². The maximum atomic E-state index is 5.63. The summed E-state index contributed by atoms with van der Waals surface area (Å²) in [5.74, 6) is 0.764. The second-order valence-corrected chi connectivity index (χ2v) is 6.72. The lowest BCUT2D eigenvalue weighted by molar-refractivity contribution is 0.441. The summed E-state index contributed by atoms with van der Waals surface area (Å²) >= 11 is 0. The molecule has 0 amide bonds. The highest BCUT2D eigenvalue weighted by Gasteiger charge is 2.06. The van der Waals surface area contributed by atoms with Gasteiger partial charge in [-0.05, 0) is 30.7 Å². The van der Waals surface area contributed by atoms with Crippen LogP contribution in [0.25, 0.3) is 0 Å². The van der Waals surface area contributed by atoms with Gasteiger partial charge in [-0.25, -0.2) is 0 Å². The number of nitrogens with zero attached hydrogens (tertiary/aromatic N) is 1. The molecule has 1 aromatic rings. The van der Waals surface area contributed by atoms with E-state index in [0.29, 0.717) is 6.04 Å². The standard InChI is InChI=1S/C15H23N.C6H13N/c1-3-5-9-14(4-2)12-16-13-15-10-7-6-8-11-15;7-6-4-2-1-3-5-6/h6-8,10-11,13-14H,3-5,9,12H2,1-2H3;6H,1-5,7H2. The Balaban J connectivity index is 0.000000313. The van der Waals surface area contributed by atoms with E-state index >= 15 is 0 Å². The zero-order valence-corrected chi connectivity index (χ0v) is 15.2. The highest BCUT2D eigenvalue weighted by Crippen LogP contribution is 2.15. The summed E-state index contributed by atoms with van der Waals surface area (Å²) in [7, 11) is 0. The Morgan fingerprint density at radius 3 is 2.35 bits per heavy atom. The summed E-state index contributed by atoms with van der Waals surface area (Å²) in [5, 5.41) is 0. The molecule has 130 valence electrons. The first-order valence-electron chi connectivity index (χ1n) is 9.56. The first-order valence-corrected chi connectivity index (χ1v) is 9.56. The summed E-state index contributed by atoms with van der Waals surface area (Å²) in [6, 6.07) is 10.9. The lowest BCUT2D eigenvalue weighted by atomic mass is 9.97. The van der Waals surface area contributed by atoms with Crippen molar-refractivity contribution in [1.82, 2.24) is 0 Å². The van der Waals surface area contributed by atoms with Crippen LogP contribution in [0.4, 0.5) is 0 Å². The fourth-order valence-electron chi connectivity index (χ4n) is 2.90. The Bertz CT molecular complexity index is 394. The summed E-state index contributed by atoms with van der Waals surface area (Å²) in [4.78, 5) is 4.54. The molecule has 0 aromatic heterocycles. The van der Waals surface area contributed by atoms with Gasteiger partial charge in [-0.3, -0.25) is 4.99 Å². The first-order chi connectivity index (χ1) is 11.3. The Morgan fingerprint density at radius 1 is 1.13 bits per heavy atom. The molecule has 2 N–H and O–H groups in total. The fourth-order valence-corrected chi connectivity index (χ4v) is 2.90. The van der Waals surface area contributed by atoms with Gasteiger partial charge in [0.2, 0.25) is 0 Å². The van der Waals surface area contributed by atoms with Gasteiger partial charge >= 0.3 is 0 Å². The molecule has 0 radical (unpaired) electrons. The molecule has 0 spiro atoms. The number of hydrogen-bond acceptors (Lipinski definition) is 2. The predicted octanol–water partition coefficient (Wildman–Crippen LogP) is 5.60. The summed E-state index contributed by atoms with van der Waals surface area (Å²) in [6.45, 7) is 5.49. The van der Waals surface area contributed by atoms with Crippen molar-refractivity contribution >= 4 is 6.21 Å². The third-order valence-electron chi connectivity index (χ3n) is 4.60. The van der Waals surface area contributed by atoms with E-state index < -0.39 is 0 Å². The number of unbranched alkanes of at least 4 members (excludes halogenated alkanes) is 1. The monoisotopic (exact) mass is 316 g/mol. The van der Waals surface area contributed by atoms with Crippen LogP contribution in [-0.4, -0.2) is 18.8 Å². The molecular weight excluding hydrogens is 280 g/mol. The van der Waals surface area contributed by atoms with Crippen molar-refractivity contribution in [1.29, 1.82) is 0 Å². The van der Waals surface area contributed by atoms with Gasteiger partial charge < -0.3 is 5.73 Å². The van der Waals surface area contributed by atoms with Crippen molar-refractivity contribution in [2.45, 2.75) is 77.7 Å². The fraction of sp³-hybridized carbons (Fsp3) is 0.667. The molecule has 1 atom stereocenters. The lowest BCUT2D eigenvalue weighted by Crippen LogP contribution is -2.22. The van der Waals surface area contributed by atoms with E-state index in [1.807, 2.05) is 12.3 Å². The van der Waals surface area contributed by atoms with Crippen molar-refractivity contribution < 1.29 is 0 Å². The molecule has 1 aliphatic carbocycles. The SMILES string of the molecule is CCCCC(CC)CN=Cc1ccccc1.NC1CCCCC1. The Hall–Kier alpha value is -1.15. The number of benzene rings is 1. The van der Waals surface area contributed by atoms with Crippen LogP contribution in [0, 0.1) is 5.92 Å². The van der Waals surface area contributed by atoms with Crippen LogP contribution in [0.2, 0.25) is 0 Å². The van der Waals surface area contributed by atoms with Gasteiger partial charge in [0.1, 0.15) is 0 Å². The van der Waals surface area contributed by atoms with Crippen LogP contribution in [-0.2, 0) is 0 Å². The van der Waals surface area contributed by atoms with E-state index in [1.54, 1.807) is 0 Å². The molecule has 23 heavy (non-hydrogen) atoms.